The number of halogens is 6. The van der Waals surface area contributed by atoms with Gasteiger partial charge in [-0.25, -0.2) is 9.97 Å². The summed E-state index contributed by atoms with van der Waals surface area (Å²) in [6, 6.07) is 0.0577. The third kappa shape index (κ3) is 10.2. The summed E-state index contributed by atoms with van der Waals surface area (Å²) in [6.45, 7) is 18.2. The molecule has 0 aliphatic carbocycles. The van der Waals surface area contributed by atoms with Crippen LogP contribution in [0, 0.1) is 16.7 Å². The molecule has 2 aromatic heterocycles. The highest BCUT2D eigenvalue weighted by molar-refractivity contribution is 5.46. The molecule has 0 fully saturated rings. The summed E-state index contributed by atoms with van der Waals surface area (Å²) in [7, 11) is 0. The van der Waals surface area contributed by atoms with Crippen LogP contribution in [0.15, 0.2) is 12.4 Å². The molecule has 0 amide bonds. The van der Waals surface area contributed by atoms with Crippen molar-refractivity contribution in [1.82, 2.24) is 19.9 Å². The lowest BCUT2D eigenvalue weighted by atomic mass is 9.80. The van der Waals surface area contributed by atoms with E-state index >= 15 is 0 Å². The average Bonchev–Trinajstić information content (AvgIpc) is 2.72. The highest BCUT2D eigenvalue weighted by Crippen LogP contribution is 2.34. The Morgan fingerprint density at radius 1 is 0.718 bits per heavy atom. The maximum atomic E-state index is 12.6. The monoisotopic (exact) mass is 566 g/mol. The molecule has 2 heterocycles. The fraction of sp³-hybridized carbons (Fsp3) is 0.680. The summed E-state index contributed by atoms with van der Waals surface area (Å²) in [5.74, 6) is -0.626. The predicted molar refractivity (Wildman–Crippen MR) is 142 cm³/mol. The molecule has 0 aliphatic heterocycles. The molecule has 2 rings (SSSR count). The molecule has 0 radical (unpaired) electrons. The summed E-state index contributed by atoms with van der Waals surface area (Å²) >= 11 is 0. The van der Waals surface area contributed by atoms with Crippen LogP contribution in [0.1, 0.15) is 79.9 Å². The minimum atomic E-state index is -4.54. The lowest BCUT2D eigenvalue weighted by molar-refractivity contribution is -0.138. The van der Waals surface area contributed by atoms with Crippen molar-refractivity contribution in [3.05, 3.63) is 23.5 Å². The molecule has 0 aliphatic rings. The van der Waals surface area contributed by atoms with E-state index in [9.17, 15) is 26.3 Å². The zero-order valence-corrected chi connectivity index (χ0v) is 23.8. The molecule has 6 N–H and O–H groups in total. The first-order chi connectivity index (χ1) is 17.5. The SMILES string of the molecule is CC(C)[C@H](Nc1ncc(C(F)(F)F)c(N)n1)C(C)(C)C.CC[C@H](Nc1ncc(C(F)(F)F)c(N)n1)C(C)(C)C. The van der Waals surface area contributed by atoms with Crippen molar-refractivity contribution >= 4 is 23.5 Å². The van der Waals surface area contributed by atoms with Crippen molar-refractivity contribution in [3.8, 4) is 0 Å². The summed E-state index contributed by atoms with van der Waals surface area (Å²) in [5.41, 5.74) is 8.51. The molecule has 0 bridgehead atoms. The van der Waals surface area contributed by atoms with Gasteiger partial charge >= 0.3 is 12.4 Å². The van der Waals surface area contributed by atoms with E-state index in [1.165, 1.54) is 0 Å². The fourth-order valence-corrected chi connectivity index (χ4v) is 3.97. The lowest BCUT2D eigenvalue weighted by Crippen LogP contribution is -2.39. The summed E-state index contributed by atoms with van der Waals surface area (Å²) in [4.78, 5) is 14.8. The Morgan fingerprint density at radius 2 is 1.10 bits per heavy atom. The van der Waals surface area contributed by atoms with E-state index in [-0.39, 0.29) is 40.7 Å². The number of nitrogens with two attached hydrogens (primary N) is 2. The molecule has 0 spiro atoms. The van der Waals surface area contributed by atoms with Gasteiger partial charge in [0, 0.05) is 24.5 Å². The number of nitrogens with zero attached hydrogens (tertiary/aromatic N) is 4. The smallest absolute Gasteiger partial charge is 0.383 e. The van der Waals surface area contributed by atoms with Crippen LogP contribution in [0.5, 0.6) is 0 Å². The summed E-state index contributed by atoms with van der Waals surface area (Å²) in [5, 5.41) is 6.09. The molecule has 0 saturated carbocycles. The number of nitrogen functional groups attached to an aromatic ring is 2. The van der Waals surface area contributed by atoms with Gasteiger partial charge in [0.2, 0.25) is 11.9 Å². The molecule has 2 aromatic rings. The molecule has 8 nitrogen and oxygen atoms in total. The van der Waals surface area contributed by atoms with Gasteiger partial charge in [0.1, 0.15) is 22.8 Å². The van der Waals surface area contributed by atoms with Crippen molar-refractivity contribution in [1.29, 1.82) is 0 Å². The second-order valence-electron chi connectivity index (χ2n) is 11.7. The van der Waals surface area contributed by atoms with Crippen molar-refractivity contribution in [2.45, 2.75) is 93.2 Å². The second kappa shape index (κ2) is 12.4. The zero-order chi connectivity index (χ0) is 30.6. The Labute approximate surface area is 225 Å². The van der Waals surface area contributed by atoms with Crippen LogP contribution in [0.25, 0.3) is 0 Å². The van der Waals surface area contributed by atoms with E-state index in [0.29, 0.717) is 12.4 Å². The number of aromatic nitrogens is 4. The quantitative estimate of drug-likeness (QED) is 0.279. The maximum absolute atomic E-state index is 12.6. The topological polar surface area (TPSA) is 128 Å². The molecular weight excluding hydrogens is 526 g/mol. The van der Waals surface area contributed by atoms with Gasteiger partial charge in [-0.1, -0.05) is 62.3 Å². The number of nitrogens with one attached hydrogen (secondary N) is 2. The molecule has 2 atom stereocenters. The van der Waals surface area contributed by atoms with Gasteiger partial charge in [-0.3, -0.25) is 0 Å². The largest absolute Gasteiger partial charge is 0.421 e. The number of hydrogen-bond acceptors (Lipinski definition) is 8. The molecule has 0 unspecified atom stereocenters. The number of alkyl halides is 6. The standard InChI is InChI=1S/C13H21F3N4.C12H19F3N4/c1-7(2)9(12(3,4)5)19-11-18-6-8(10(17)20-11)13(14,15)16;1-5-8(11(2,3)4)18-10-17-6-7(9(16)19-10)12(13,14)15/h6-7,9H,1-5H3,(H3,17,18,19,20);6,8H,5H2,1-4H3,(H3,16,17,18,19)/t9-;8-/m00/s1. The Hall–Kier alpha value is -3.06. The minimum Gasteiger partial charge on any atom is -0.383 e. The summed E-state index contributed by atoms with van der Waals surface area (Å²) in [6.07, 6.45) is -6.85. The second-order valence-corrected chi connectivity index (χ2v) is 11.7. The molecule has 0 aromatic carbocycles. The van der Waals surface area contributed by atoms with Crippen LogP contribution in [-0.2, 0) is 12.4 Å². The first kappa shape index (κ1) is 34.0. The van der Waals surface area contributed by atoms with Gasteiger partial charge in [0.15, 0.2) is 0 Å². The van der Waals surface area contributed by atoms with Gasteiger partial charge in [-0.05, 0) is 23.2 Å². The first-order valence-corrected chi connectivity index (χ1v) is 12.4. The van der Waals surface area contributed by atoms with Crippen LogP contribution >= 0.6 is 0 Å². The van der Waals surface area contributed by atoms with Crippen LogP contribution in [-0.4, -0.2) is 32.0 Å². The minimum absolute atomic E-state index is 0.0126. The molecule has 222 valence electrons. The normalized spacial score (nSPS) is 14.4. The van der Waals surface area contributed by atoms with Crippen molar-refractivity contribution in [2.24, 2.45) is 16.7 Å². The van der Waals surface area contributed by atoms with Gasteiger partial charge in [-0.15, -0.1) is 0 Å². The molecule has 14 heteroatoms. The van der Waals surface area contributed by atoms with Gasteiger partial charge < -0.3 is 22.1 Å². The van der Waals surface area contributed by atoms with E-state index in [2.05, 4.69) is 30.6 Å². The van der Waals surface area contributed by atoms with Gasteiger partial charge in [0.05, 0.1) is 0 Å². The zero-order valence-electron chi connectivity index (χ0n) is 23.8. The van der Waals surface area contributed by atoms with Crippen molar-refractivity contribution < 1.29 is 26.3 Å². The summed E-state index contributed by atoms with van der Waals surface area (Å²) < 4.78 is 75.3. The van der Waals surface area contributed by atoms with E-state index in [1.807, 2.05) is 62.3 Å². The van der Waals surface area contributed by atoms with Crippen LogP contribution in [0.3, 0.4) is 0 Å². The average molecular weight is 567 g/mol. The Morgan fingerprint density at radius 3 is 1.36 bits per heavy atom. The van der Waals surface area contributed by atoms with Crippen LogP contribution in [0.2, 0.25) is 0 Å². The number of hydrogen-bond donors (Lipinski definition) is 4. The van der Waals surface area contributed by atoms with Crippen molar-refractivity contribution in [2.75, 3.05) is 22.1 Å². The first-order valence-electron chi connectivity index (χ1n) is 12.4. The fourth-order valence-electron chi connectivity index (χ4n) is 3.97. The Kier molecular flexibility index (Phi) is 10.8. The highest BCUT2D eigenvalue weighted by Gasteiger charge is 2.36. The molecular formula is C25H40F6N8. The van der Waals surface area contributed by atoms with E-state index in [1.54, 1.807) is 0 Å². The van der Waals surface area contributed by atoms with E-state index in [0.717, 1.165) is 6.42 Å². The number of anilines is 4. The predicted octanol–water partition coefficient (Wildman–Crippen LogP) is 6.87. The third-order valence-corrected chi connectivity index (χ3v) is 5.89. The Bertz CT molecular complexity index is 1070. The van der Waals surface area contributed by atoms with Gasteiger partial charge in [-0.2, -0.15) is 36.3 Å². The van der Waals surface area contributed by atoms with Crippen molar-refractivity contribution in [3.63, 3.8) is 0 Å². The lowest BCUT2D eigenvalue weighted by Gasteiger charge is -2.34. The van der Waals surface area contributed by atoms with E-state index in [4.69, 9.17) is 11.5 Å². The third-order valence-electron chi connectivity index (χ3n) is 5.89. The number of rotatable bonds is 6. The van der Waals surface area contributed by atoms with E-state index < -0.39 is 35.1 Å². The highest BCUT2D eigenvalue weighted by atomic mass is 19.4. The van der Waals surface area contributed by atoms with Crippen LogP contribution in [0.4, 0.5) is 49.9 Å². The Balaban J connectivity index is 0.000000391. The molecule has 0 saturated heterocycles. The van der Waals surface area contributed by atoms with Gasteiger partial charge in [0.25, 0.3) is 0 Å². The van der Waals surface area contributed by atoms with Crippen LogP contribution < -0.4 is 22.1 Å². The maximum Gasteiger partial charge on any atom is 0.421 e. The molecule has 39 heavy (non-hydrogen) atoms.